The molecule has 1 rings (SSSR count). The first-order valence-corrected chi connectivity index (χ1v) is 4.64. The maximum atomic E-state index is 13.0. The number of nitrogens with two attached hydrogens (primary N) is 1. The molecular weight excluding hydrogens is 191 g/mol. The lowest BCUT2D eigenvalue weighted by Gasteiger charge is -2.12. The lowest BCUT2D eigenvalue weighted by Crippen LogP contribution is -2.10. The van der Waals surface area contributed by atoms with Crippen molar-refractivity contribution in [3.63, 3.8) is 0 Å². The van der Waals surface area contributed by atoms with Gasteiger partial charge in [-0.05, 0) is 31.0 Å². The Bertz CT molecular complexity index is 418. The van der Waals surface area contributed by atoms with Gasteiger partial charge in [0.2, 0.25) is 0 Å². The van der Waals surface area contributed by atoms with Gasteiger partial charge in [0.1, 0.15) is 11.9 Å². The second-order valence-corrected chi connectivity index (χ2v) is 3.62. The van der Waals surface area contributed by atoms with Gasteiger partial charge in [0.15, 0.2) is 0 Å². The van der Waals surface area contributed by atoms with Gasteiger partial charge < -0.3 is 5.73 Å². The van der Waals surface area contributed by atoms with Crippen molar-refractivity contribution in [1.82, 2.24) is 0 Å². The molecule has 3 heteroatoms. The lowest BCUT2D eigenvalue weighted by molar-refractivity contribution is 0.620. The highest BCUT2D eigenvalue weighted by Gasteiger charge is 2.09. The van der Waals surface area contributed by atoms with Gasteiger partial charge in [-0.3, -0.25) is 0 Å². The number of rotatable bonds is 3. The minimum absolute atomic E-state index is 0.0321. The molecule has 0 aliphatic carbocycles. The Morgan fingerprint density at radius 3 is 2.87 bits per heavy atom. The normalized spacial score (nSPS) is 11.9. The van der Waals surface area contributed by atoms with Crippen LogP contribution in [0, 0.1) is 17.1 Å². The zero-order valence-corrected chi connectivity index (χ0v) is 8.63. The maximum absolute atomic E-state index is 13.0. The standard InChI is InChI=1S/C12H13FN2/c1-8(2)5-12(15)9-3-4-11(13)10(6-9)7-14/h3-4,6,12H,1,5,15H2,2H3/t12-/m1/s1. The first kappa shape index (κ1) is 11.4. The minimum Gasteiger partial charge on any atom is -0.324 e. The molecule has 2 N–H and O–H groups in total. The predicted molar refractivity (Wildman–Crippen MR) is 57.5 cm³/mol. The molecule has 0 bridgehead atoms. The molecule has 0 unspecified atom stereocenters. The van der Waals surface area contributed by atoms with Crippen molar-refractivity contribution < 1.29 is 4.39 Å². The van der Waals surface area contributed by atoms with Crippen LogP contribution in [0.2, 0.25) is 0 Å². The molecule has 1 aromatic rings. The average molecular weight is 204 g/mol. The molecule has 1 atom stereocenters. The average Bonchev–Trinajstić information content (AvgIpc) is 2.17. The zero-order valence-electron chi connectivity index (χ0n) is 8.63. The Balaban J connectivity index is 2.96. The van der Waals surface area contributed by atoms with Crippen molar-refractivity contribution in [2.45, 2.75) is 19.4 Å². The number of hydrogen-bond acceptors (Lipinski definition) is 2. The Hall–Kier alpha value is -1.66. The third kappa shape index (κ3) is 2.90. The number of nitrogens with zero attached hydrogens (tertiary/aromatic N) is 1. The van der Waals surface area contributed by atoms with Crippen molar-refractivity contribution >= 4 is 0 Å². The Kier molecular flexibility index (Phi) is 3.59. The fraction of sp³-hybridized carbons (Fsp3) is 0.250. The predicted octanol–water partition coefficient (Wildman–Crippen LogP) is 2.66. The molecular formula is C12H13FN2. The topological polar surface area (TPSA) is 49.8 Å². The van der Waals surface area contributed by atoms with E-state index in [1.54, 1.807) is 12.1 Å². The van der Waals surface area contributed by atoms with Crippen molar-refractivity contribution in [2.75, 3.05) is 0 Å². The van der Waals surface area contributed by atoms with E-state index in [0.29, 0.717) is 6.42 Å². The van der Waals surface area contributed by atoms with Crippen LogP contribution in [0.15, 0.2) is 30.4 Å². The van der Waals surface area contributed by atoms with Crippen LogP contribution in [0.4, 0.5) is 4.39 Å². The van der Waals surface area contributed by atoms with Gasteiger partial charge in [-0.25, -0.2) is 4.39 Å². The van der Waals surface area contributed by atoms with E-state index < -0.39 is 5.82 Å². The van der Waals surface area contributed by atoms with E-state index in [1.165, 1.54) is 12.1 Å². The summed E-state index contributed by atoms with van der Waals surface area (Å²) in [6.07, 6.45) is 0.635. The fourth-order valence-corrected chi connectivity index (χ4v) is 1.35. The summed E-state index contributed by atoms with van der Waals surface area (Å²) in [6.45, 7) is 5.65. The summed E-state index contributed by atoms with van der Waals surface area (Å²) in [6, 6.07) is 5.92. The van der Waals surface area contributed by atoms with Crippen LogP contribution in [0.1, 0.15) is 30.5 Å². The second-order valence-electron chi connectivity index (χ2n) is 3.62. The van der Waals surface area contributed by atoms with E-state index in [1.807, 2.05) is 6.92 Å². The van der Waals surface area contributed by atoms with Crippen LogP contribution in [-0.4, -0.2) is 0 Å². The zero-order chi connectivity index (χ0) is 11.4. The largest absolute Gasteiger partial charge is 0.324 e. The molecule has 0 radical (unpaired) electrons. The Morgan fingerprint density at radius 1 is 1.67 bits per heavy atom. The highest BCUT2D eigenvalue weighted by Crippen LogP contribution is 2.19. The van der Waals surface area contributed by atoms with Gasteiger partial charge in [0.25, 0.3) is 0 Å². The van der Waals surface area contributed by atoms with E-state index in [4.69, 9.17) is 11.0 Å². The number of hydrogen-bond donors (Lipinski definition) is 1. The summed E-state index contributed by atoms with van der Waals surface area (Å²) in [7, 11) is 0. The van der Waals surface area contributed by atoms with Crippen molar-refractivity contribution in [2.24, 2.45) is 5.73 Å². The molecule has 78 valence electrons. The lowest BCUT2D eigenvalue weighted by atomic mass is 9.99. The van der Waals surface area contributed by atoms with Crippen LogP contribution < -0.4 is 5.73 Å². The summed E-state index contributed by atoms with van der Waals surface area (Å²) in [5.41, 5.74) is 7.63. The molecule has 15 heavy (non-hydrogen) atoms. The highest BCUT2D eigenvalue weighted by atomic mass is 19.1. The molecule has 0 saturated heterocycles. The molecule has 2 nitrogen and oxygen atoms in total. The SMILES string of the molecule is C=C(C)C[C@@H](N)c1ccc(F)c(C#N)c1. The Labute approximate surface area is 88.8 Å². The molecule has 0 spiro atoms. The number of nitriles is 1. The summed E-state index contributed by atoms with van der Waals surface area (Å²) in [5.74, 6) is -0.510. The van der Waals surface area contributed by atoms with E-state index in [0.717, 1.165) is 11.1 Å². The second kappa shape index (κ2) is 4.72. The van der Waals surface area contributed by atoms with Crippen LogP contribution >= 0.6 is 0 Å². The summed E-state index contributed by atoms with van der Waals surface area (Å²) in [4.78, 5) is 0. The van der Waals surface area contributed by atoms with Gasteiger partial charge >= 0.3 is 0 Å². The molecule has 0 saturated carbocycles. The van der Waals surface area contributed by atoms with Crippen molar-refractivity contribution in [1.29, 1.82) is 5.26 Å². The molecule has 0 aliphatic heterocycles. The monoisotopic (exact) mass is 204 g/mol. The molecule has 0 heterocycles. The number of halogens is 1. The number of benzene rings is 1. The molecule has 0 fully saturated rings. The van der Waals surface area contributed by atoms with Gasteiger partial charge in [-0.1, -0.05) is 11.6 Å². The Morgan fingerprint density at radius 2 is 2.33 bits per heavy atom. The first-order valence-electron chi connectivity index (χ1n) is 4.64. The van der Waals surface area contributed by atoms with E-state index in [-0.39, 0.29) is 11.6 Å². The minimum atomic E-state index is -0.510. The third-order valence-corrected chi connectivity index (χ3v) is 2.11. The van der Waals surface area contributed by atoms with Crippen LogP contribution in [0.3, 0.4) is 0 Å². The highest BCUT2D eigenvalue weighted by molar-refractivity contribution is 5.35. The van der Waals surface area contributed by atoms with Gasteiger partial charge in [-0.2, -0.15) is 5.26 Å². The van der Waals surface area contributed by atoms with E-state index in [9.17, 15) is 4.39 Å². The third-order valence-electron chi connectivity index (χ3n) is 2.11. The van der Waals surface area contributed by atoms with Crippen LogP contribution in [-0.2, 0) is 0 Å². The summed E-state index contributed by atoms with van der Waals surface area (Å²) in [5, 5.41) is 8.66. The fourth-order valence-electron chi connectivity index (χ4n) is 1.35. The molecule has 0 aromatic heterocycles. The molecule has 0 aliphatic rings. The smallest absolute Gasteiger partial charge is 0.140 e. The van der Waals surface area contributed by atoms with Crippen LogP contribution in [0.25, 0.3) is 0 Å². The maximum Gasteiger partial charge on any atom is 0.140 e. The molecule has 0 amide bonds. The van der Waals surface area contributed by atoms with E-state index in [2.05, 4.69) is 6.58 Å². The van der Waals surface area contributed by atoms with Crippen molar-refractivity contribution in [3.05, 3.63) is 47.3 Å². The molecule has 1 aromatic carbocycles. The summed E-state index contributed by atoms with van der Waals surface area (Å²) >= 11 is 0. The summed E-state index contributed by atoms with van der Waals surface area (Å²) < 4.78 is 13.0. The quantitative estimate of drug-likeness (QED) is 0.769. The van der Waals surface area contributed by atoms with Crippen molar-refractivity contribution in [3.8, 4) is 6.07 Å². The van der Waals surface area contributed by atoms with Gasteiger partial charge in [-0.15, -0.1) is 6.58 Å². The first-order chi connectivity index (χ1) is 7.04. The van der Waals surface area contributed by atoms with Gasteiger partial charge in [0.05, 0.1) is 5.56 Å². The van der Waals surface area contributed by atoms with Crippen LogP contribution in [0.5, 0.6) is 0 Å². The van der Waals surface area contributed by atoms with E-state index >= 15 is 0 Å². The van der Waals surface area contributed by atoms with Gasteiger partial charge in [0, 0.05) is 6.04 Å².